The largest absolute Gasteiger partial charge is 0.466 e. The topological polar surface area (TPSA) is 95.9 Å². The molecule has 2 atom stereocenters. The SMILES string of the molecule is CCCCCCCCCCC/C=C/C(O)C(CO)NC(=O)CCCCCCCCCCCCCCCCCCCCCCOC(=O)CCCCCCCCCCCCCCCCCCC. The zero-order valence-corrected chi connectivity index (χ0v) is 44.0. The van der Waals surface area contributed by atoms with Crippen molar-refractivity contribution in [1.29, 1.82) is 0 Å². The van der Waals surface area contributed by atoms with Crippen molar-refractivity contribution in [3.8, 4) is 0 Å². The van der Waals surface area contributed by atoms with Crippen LogP contribution in [0.5, 0.6) is 0 Å². The average molecular weight is 919 g/mol. The van der Waals surface area contributed by atoms with E-state index in [0.29, 0.717) is 19.4 Å². The number of rotatable bonds is 55. The van der Waals surface area contributed by atoms with Gasteiger partial charge in [-0.15, -0.1) is 0 Å². The van der Waals surface area contributed by atoms with Gasteiger partial charge in [-0.05, 0) is 32.1 Å². The lowest BCUT2D eigenvalue weighted by molar-refractivity contribution is -0.143. The molecule has 0 aromatic carbocycles. The van der Waals surface area contributed by atoms with Crippen molar-refractivity contribution in [2.45, 2.75) is 341 Å². The highest BCUT2D eigenvalue weighted by molar-refractivity contribution is 5.76. The summed E-state index contributed by atoms with van der Waals surface area (Å²) in [5.41, 5.74) is 0. The van der Waals surface area contributed by atoms with E-state index in [2.05, 4.69) is 19.2 Å². The van der Waals surface area contributed by atoms with E-state index >= 15 is 0 Å². The molecule has 6 nitrogen and oxygen atoms in total. The smallest absolute Gasteiger partial charge is 0.305 e. The van der Waals surface area contributed by atoms with E-state index in [1.807, 2.05) is 6.08 Å². The van der Waals surface area contributed by atoms with E-state index in [9.17, 15) is 19.8 Å². The number of unbranched alkanes of at least 4 members (excludes halogenated alkanes) is 44. The third-order valence-electron chi connectivity index (χ3n) is 13.8. The Morgan fingerprint density at radius 2 is 0.708 bits per heavy atom. The Bertz CT molecular complexity index is 970. The summed E-state index contributed by atoms with van der Waals surface area (Å²) in [4.78, 5) is 24.5. The first-order valence-electron chi connectivity index (χ1n) is 29.5. The third kappa shape index (κ3) is 51.8. The molecule has 0 aliphatic carbocycles. The zero-order chi connectivity index (χ0) is 47.2. The number of hydrogen-bond donors (Lipinski definition) is 3. The Balaban J connectivity index is 3.36. The van der Waals surface area contributed by atoms with Crippen LogP contribution in [0.2, 0.25) is 0 Å². The fourth-order valence-corrected chi connectivity index (χ4v) is 9.28. The minimum atomic E-state index is -0.843. The molecule has 0 heterocycles. The molecule has 3 N–H and O–H groups in total. The first-order valence-corrected chi connectivity index (χ1v) is 29.5. The van der Waals surface area contributed by atoms with Crippen LogP contribution >= 0.6 is 0 Å². The van der Waals surface area contributed by atoms with Gasteiger partial charge in [0.05, 0.1) is 25.4 Å². The maximum absolute atomic E-state index is 12.4. The summed E-state index contributed by atoms with van der Waals surface area (Å²) >= 11 is 0. The van der Waals surface area contributed by atoms with Crippen LogP contribution in [-0.4, -0.2) is 47.4 Å². The van der Waals surface area contributed by atoms with Gasteiger partial charge in [0.25, 0.3) is 0 Å². The maximum atomic E-state index is 12.4. The van der Waals surface area contributed by atoms with Crippen LogP contribution < -0.4 is 5.32 Å². The highest BCUT2D eigenvalue weighted by Gasteiger charge is 2.18. The third-order valence-corrected chi connectivity index (χ3v) is 13.8. The Labute approximate surface area is 406 Å². The van der Waals surface area contributed by atoms with Crippen LogP contribution in [0.3, 0.4) is 0 Å². The molecule has 6 heteroatoms. The molecule has 1 amide bonds. The first kappa shape index (κ1) is 63.6. The summed E-state index contributed by atoms with van der Waals surface area (Å²) in [6.45, 7) is 4.91. The fourth-order valence-electron chi connectivity index (χ4n) is 9.28. The standard InChI is InChI=1S/C59H115NO5/c1-3-5-7-9-11-13-15-16-17-22-26-29-33-37-41-45-49-53-59(64)65-54-50-46-42-38-34-30-27-24-21-19-18-20-23-25-28-32-36-40-44-48-52-58(63)60-56(55-61)57(62)51-47-43-39-35-31-14-12-10-8-6-4-2/h47,51,56-57,61-62H,3-46,48-50,52-55H2,1-2H3,(H,60,63)/b51-47+. The van der Waals surface area contributed by atoms with Crippen molar-refractivity contribution in [3.63, 3.8) is 0 Å². The molecule has 0 saturated heterocycles. The lowest BCUT2D eigenvalue weighted by Crippen LogP contribution is -2.45. The number of carbonyl (C=O) groups is 2. The Kier molecular flexibility index (Phi) is 54.0. The summed E-state index contributed by atoms with van der Waals surface area (Å²) in [5, 5.41) is 23.0. The van der Waals surface area contributed by atoms with E-state index in [-0.39, 0.29) is 18.5 Å². The normalized spacial score (nSPS) is 12.6. The predicted octanol–water partition coefficient (Wildman–Crippen LogP) is 18.1. The quantitative estimate of drug-likeness (QED) is 0.0321. The van der Waals surface area contributed by atoms with Gasteiger partial charge in [0.15, 0.2) is 0 Å². The molecule has 0 aliphatic heterocycles. The van der Waals surface area contributed by atoms with Gasteiger partial charge in [-0.1, -0.05) is 296 Å². The van der Waals surface area contributed by atoms with Crippen molar-refractivity contribution in [1.82, 2.24) is 5.32 Å². The van der Waals surface area contributed by atoms with Crippen LogP contribution in [0, 0.1) is 0 Å². The van der Waals surface area contributed by atoms with Crippen LogP contribution in [-0.2, 0) is 14.3 Å². The van der Waals surface area contributed by atoms with Gasteiger partial charge in [-0.2, -0.15) is 0 Å². The fraction of sp³-hybridized carbons (Fsp3) is 0.932. The molecule has 65 heavy (non-hydrogen) atoms. The summed E-state index contributed by atoms with van der Waals surface area (Å²) in [6.07, 6.45) is 65.3. The molecular formula is C59H115NO5. The molecule has 0 spiro atoms. The molecule has 0 aliphatic rings. The summed E-state index contributed by atoms with van der Waals surface area (Å²) < 4.78 is 5.49. The molecule has 0 rings (SSSR count). The highest BCUT2D eigenvalue weighted by Crippen LogP contribution is 2.18. The lowest BCUT2D eigenvalue weighted by atomic mass is 10.0. The van der Waals surface area contributed by atoms with E-state index in [4.69, 9.17) is 4.74 Å². The number of aliphatic hydroxyl groups excluding tert-OH is 2. The van der Waals surface area contributed by atoms with Gasteiger partial charge in [0.1, 0.15) is 0 Å². The first-order chi connectivity index (χ1) is 32.0. The number of allylic oxidation sites excluding steroid dienone is 1. The number of carbonyl (C=O) groups excluding carboxylic acids is 2. The summed E-state index contributed by atoms with van der Waals surface area (Å²) in [5.74, 6) is -0.0556. The minimum absolute atomic E-state index is 0.0142. The van der Waals surface area contributed by atoms with Crippen molar-refractivity contribution >= 4 is 11.9 Å². The van der Waals surface area contributed by atoms with Crippen molar-refractivity contribution in [3.05, 3.63) is 12.2 Å². The van der Waals surface area contributed by atoms with Gasteiger partial charge < -0.3 is 20.3 Å². The molecule has 0 saturated carbocycles. The van der Waals surface area contributed by atoms with Gasteiger partial charge >= 0.3 is 5.97 Å². The van der Waals surface area contributed by atoms with Crippen molar-refractivity contribution < 1.29 is 24.5 Å². The number of aliphatic hydroxyl groups is 2. The number of esters is 1. The van der Waals surface area contributed by atoms with Gasteiger partial charge in [0, 0.05) is 12.8 Å². The maximum Gasteiger partial charge on any atom is 0.305 e. The summed E-state index contributed by atoms with van der Waals surface area (Å²) in [7, 11) is 0. The molecule has 0 bridgehead atoms. The van der Waals surface area contributed by atoms with E-state index < -0.39 is 12.1 Å². The molecule has 0 aromatic heterocycles. The van der Waals surface area contributed by atoms with Crippen LogP contribution in [0.4, 0.5) is 0 Å². The van der Waals surface area contributed by atoms with Crippen LogP contribution in [0.15, 0.2) is 12.2 Å². The second-order valence-electron chi connectivity index (χ2n) is 20.3. The Morgan fingerprint density at radius 3 is 1.05 bits per heavy atom. The van der Waals surface area contributed by atoms with E-state index in [1.165, 1.54) is 263 Å². The molecule has 2 unspecified atom stereocenters. The molecule has 0 fully saturated rings. The van der Waals surface area contributed by atoms with E-state index in [0.717, 1.165) is 38.5 Å². The van der Waals surface area contributed by atoms with Gasteiger partial charge in [0.2, 0.25) is 5.91 Å². The van der Waals surface area contributed by atoms with Crippen LogP contribution in [0.1, 0.15) is 328 Å². The van der Waals surface area contributed by atoms with E-state index in [1.54, 1.807) is 6.08 Å². The monoisotopic (exact) mass is 918 g/mol. The number of hydrogen-bond acceptors (Lipinski definition) is 5. The lowest BCUT2D eigenvalue weighted by Gasteiger charge is -2.20. The van der Waals surface area contributed by atoms with Crippen LogP contribution in [0.25, 0.3) is 0 Å². The Morgan fingerprint density at radius 1 is 0.415 bits per heavy atom. The predicted molar refractivity (Wildman–Crippen MR) is 283 cm³/mol. The average Bonchev–Trinajstić information content (AvgIpc) is 3.31. The molecule has 0 aromatic rings. The second-order valence-corrected chi connectivity index (χ2v) is 20.3. The van der Waals surface area contributed by atoms with Gasteiger partial charge in [-0.25, -0.2) is 0 Å². The van der Waals surface area contributed by atoms with Crippen molar-refractivity contribution in [2.75, 3.05) is 13.2 Å². The minimum Gasteiger partial charge on any atom is -0.466 e. The summed E-state index contributed by atoms with van der Waals surface area (Å²) in [6, 6.07) is -0.627. The number of ether oxygens (including phenoxy) is 1. The second kappa shape index (κ2) is 55.2. The van der Waals surface area contributed by atoms with Gasteiger partial charge in [-0.3, -0.25) is 9.59 Å². The zero-order valence-electron chi connectivity index (χ0n) is 44.0. The highest BCUT2D eigenvalue weighted by atomic mass is 16.5. The molecule has 386 valence electrons. The molecule has 0 radical (unpaired) electrons. The van der Waals surface area contributed by atoms with Crippen molar-refractivity contribution in [2.24, 2.45) is 0 Å². The Hall–Kier alpha value is -1.40. The number of nitrogens with one attached hydrogen (secondary N) is 1. The number of amides is 1. The molecular weight excluding hydrogens is 803 g/mol.